The van der Waals surface area contributed by atoms with E-state index in [1.165, 1.54) is 0 Å². The number of hydrogen-bond acceptors (Lipinski definition) is 2. The van der Waals surface area contributed by atoms with Gasteiger partial charge in [0.25, 0.3) is 0 Å². The second-order valence-electron chi connectivity index (χ2n) is 4.27. The first-order valence-electron chi connectivity index (χ1n) is 5.15. The smallest absolute Gasteiger partial charge is 0.0832 e. The molecule has 1 aromatic rings. The molecule has 0 spiro atoms. The van der Waals surface area contributed by atoms with Crippen LogP contribution in [0.25, 0.3) is 0 Å². The molecule has 0 aliphatic carbocycles. The van der Waals surface area contributed by atoms with E-state index in [9.17, 15) is 5.11 Å². The maximum atomic E-state index is 10.3. The minimum Gasteiger partial charge on any atom is -0.388 e. The Hall–Kier alpha value is -0.380. The molecule has 0 aromatic heterocycles. The van der Waals surface area contributed by atoms with Gasteiger partial charge in [-0.2, -0.15) is 0 Å². The van der Waals surface area contributed by atoms with Crippen molar-refractivity contribution in [1.82, 2.24) is 0 Å². The van der Waals surface area contributed by atoms with Crippen LogP contribution in [0.1, 0.15) is 19.4 Å². The third kappa shape index (κ3) is 3.30. The van der Waals surface area contributed by atoms with Crippen molar-refractivity contribution >= 4 is 15.9 Å². The van der Waals surface area contributed by atoms with Gasteiger partial charge in [0.2, 0.25) is 0 Å². The molecule has 1 rings (SSSR count). The summed E-state index contributed by atoms with van der Waals surface area (Å²) in [5.74, 6) is 0.158. The molecule has 0 radical (unpaired) electrons. The minimum atomic E-state index is -0.798. The first-order valence-corrected chi connectivity index (χ1v) is 5.94. The SMILES string of the molecule is CC(C)C(O)(CN)Cc1ccc(Br)cc1. The molecule has 3 N–H and O–H groups in total. The summed E-state index contributed by atoms with van der Waals surface area (Å²) in [7, 11) is 0. The predicted octanol–water partition coefficient (Wildman–Crippen LogP) is 2.34. The summed E-state index contributed by atoms with van der Waals surface area (Å²) < 4.78 is 1.05. The van der Waals surface area contributed by atoms with Gasteiger partial charge in [-0.05, 0) is 23.6 Å². The molecular weight excluding hydrogens is 254 g/mol. The molecule has 3 heteroatoms. The van der Waals surface area contributed by atoms with Gasteiger partial charge in [0.05, 0.1) is 5.60 Å². The standard InChI is InChI=1S/C12H18BrNO/c1-9(2)12(15,8-14)7-10-3-5-11(13)6-4-10/h3-6,9,15H,7-8,14H2,1-2H3. The number of halogens is 1. The molecule has 1 atom stereocenters. The van der Waals surface area contributed by atoms with Gasteiger partial charge in [-0.3, -0.25) is 0 Å². The Labute approximate surface area is 99.6 Å². The Morgan fingerprint density at radius 3 is 2.27 bits per heavy atom. The van der Waals surface area contributed by atoms with E-state index < -0.39 is 5.60 Å². The van der Waals surface area contributed by atoms with E-state index in [1.54, 1.807) is 0 Å². The number of benzene rings is 1. The van der Waals surface area contributed by atoms with Crippen molar-refractivity contribution < 1.29 is 5.11 Å². The molecule has 84 valence electrons. The molecule has 0 aliphatic rings. The van der Waals surface area contributed by atoms with Gasteiger partial charge in [0, 0.05) is 17.4 Å². The number of rotatable bonds is 4. The van der Waals surface area contributed by atoms with Crippen molar-refractivity contribution in [3.05, 3.63) is 34.3 Å². The Bertz CT molecular complexity index is 310. The van der Waals surface area contributed by atoms with E-state index in [0.29, 0.717) is 13.0 Å². The van der Waals surface area contributed by atoms with E-state index in [4.69, 9.17) is 5.73 Å². The highest BCUT2D eigenvalue weighted by atomic mass is 79.9. The maximum absolute atomic E-state index is 10.3. The fourth-order valence-electron chi connectivity index (χ4n) is 1.47. The molecule has 0 aliphatic heterocycles. The van der Waals surface area contributed by atoms with Crippen LogP contribution in [0, 0.1) is 5.92 Å². The van der Waals surface area contributed by atoms with Crippen LogP contribution in [0.3, 0.4) is 0 Å². The Balaban J connectivity index is 2.79. The second kappa shape index (κ2) is 5.10. The normalized spacial score (nSPS) is 15.3. The molecular formula is C12H18BrNO. The fourth-order valence-corrected chi connectivity index (χ4v) is 1.73. The van der Waals surface area contributed by atoms with Crippen LogP contribution in [0.2, 0.25) is 0 Å². The monoisotopic (exact) mass is 271 g/mol. The molecule has 15 heavy (non-hydrogen) atoms. The van der Waals surface area contributed by atoms with E-state index in [1.807, 2.05) is 38.1 Å². The van der Waals surface area contributed by atoms with Crippen LogP contribution in [-0.2, 0) is 6.42 Å². The topological polar surface area (TPSA) is 46.2 Å². The van der Waals surface area contributed by atoms with E-state index in [2.05, 4.69) is 15.9 Å². The molecule has 1 aromatic carbocycles. The van der Waals surface area contributed by atoms with Crippen molar-refractivity contribution in [2.24, 2.45) is 11.7 Å². The summed E-state index contributed by atoms with van der Waals surface area (Å²) in [5, 5.41) is 10.3. The largest absolute Gasteiger partial charge is 0.388 e. The van der Waals surface area contributed by atoms with Crippen LogP contribution in [0.15, 0.2) is 28.7 Å². The van der Waals surface area contributed by atoms with Gasteiger partial charge >= 0.3 is 0 Å². The van der Waals surface area contributed by atoms with Gasteiger partial charge < -0.3 is 10.8 Å². The van der Waals surface area contributed by atoms with Gasteiger partial charge in [0.1, 0.15) is 0 Å². The molecule has 1 unspecified atom stereocenters. The highest BCUT2D eigenvalue weighted by Crippen LogP contribution is 2.22. The average molecular weight is 272 g/mol. The molecule has 0 bridgehead atoms. The predicted molar refractivity (Wildman–Crippen MR) is 66.7 cm³/mol. The van der Waals surface area contributed by atoms with Crippen LogP contribution >= 0.6 is 15.9 Å². The number of nitrogens with two attached hydrogens (primary N) is 1. The molecule has 2 nitrogen and oxygen atoms in total. The summed E-state index contributed by atoms with van der Waals surface area (Å²) >= 11 is 3.38. The van der Waals surface area contributed by atoms with Crippen molar-refractivity contribution in [3.8, 4) is 0 Å². The van der Waals surface area contributed by atoms with Crippen LogP contribution in [-0.4, -0.2) is 17.3 Å². The highest BCUT2D eigenvalue weighted by molar-refractivity contribution is 9.10. The molecule has 0 amide bonds. The average Bonchev–Trinajstić information content (AvgIpc) is 2.21. The van der Waals surface area contributed by atoms with Gasteiger partial charge in [-0.25, -0.2) is 0 Å². The van der Waals surface area contributed by atoms with Gasteiger partial charge in [0.15, 0.2) is 0 Å². The summed E-state index contributed by atoms with van der Waals surface area (Å²) in [6.45, 7) is 4.28. The lowest BCUT2D eigenvalue weighted by molar-refractivity contribution is 0.00407. The third-order valence-corrected chi connectivity index (χ3v) is 3.38. The maximum Gasteiger partial charge on any atom is 0.0832 e. The molecule has 0 saturated heterocycles. The molecule has 0 fully saturated rings. The van der Waals surface area contributed by atoms with Crippen molar-refractivity contribution in [3.63, 3.8) is 0 Å². The minimum absolute atomic E-state index is 0.158. The van der Waals surface area contributed by atoms with Crippen LogP contribution in [0.4, 0.5) is 0 Å². The molecule has 0 heterocycles. The second-order valence-corrected chi connectivity index (χ2v) is 5.18. The Kier molecular flexibility index (Phi) is 4.32. The quantitative estimate of drug-likeness (QED) is 0.883. The summed E-state index contributed by atoms with van der Waals surface area (Å²) in [6, 6.07) is 7.97. The summed E-state index contributed by atoms with van der Waals surface area (Å²) in [6.07, 6.45) is 0.606. The lowest BCUT2D eigenvalue weighted by atomic mass is 9.84. The van der Waals surface area contributed by atoms with E-state index >= 15 is 0 Å². The van der Waals surface area contributed by atoms with Crippen LogP contribution in [0.5, 0.6) is 0 Å². The van der Waals surface area contributed by atoms with E-state index in [0.717, 1.165) is 10.0 Å². The van der Waals surface area contributed by atoms with Crippen molar-refractivity contribution in [2.45, 2.75) is 25.9 Å². The first-order chi connectivity index (χ1) is 6.98. The highest BCUT2D eigenvalue weighted by Gasteiger charge is 2.29. The Morgan fingerprint density at radius 1 is 1.33 bits per heavy atom. The zero-order valence-electron chi connectivity index (χ0n) is 9.20. The van der Waals surface area contributed by atoms with Gasteiger partial charge in [-0.15, -0.1) is 0 Å². The number of hydrogen-bond donors (Lipinski definition) is 2. The van der Waals surface area contributed by atoms with Crippen molar-refractivity contribution in [2.75, 3.05) is 6.54 Å². The lowest BCUT2D eigenvalue weighted by Gasteiger charge is -2.30. The van der Waals surface area contributed by atoms with E-state index in [-0.39, 0.29) is 5.92 Å². The molecule has 0 saturated carbocycles. The fraction of sp³-hybridized carbons (Fsp3) is 0.500. The van der Waals surface area contributed by atoms with Crippen LogP contribution < -0.4 is 5.73 Å². The lowest BCUT2D eigenvalue weighted by Crippen LogP contribution is -2.44. The summed E-state index contributed by atoms with van der Waals surface area (Å²) in [4.78, 5) is 0. The van der Waals surface area contributed by atoms with Crippen molar-refractivity contribution in [1.29, 1.82) is 0 Å². The Morgan fingerprint density at radius 2 is 1.87 bits per heavy atom. The number of aliphatic hydroxyl groups is 1. The third-order valence-electron chi connectivity index (χ3n) is 2.85. The zero-order valence-corrected chi connectivity index (χ0v) is 10.8. The zero-order chi connectivity index (χ0) is 11.5. The van der Waals surface area contributed by atoms with Gasteiger partial charge in [-0.1, -0.05) is 41.9 Å². The first kappa shape index (κ1) is 12.7. The summed E-state index contributed by atoms with van der Waals surface area (Å²) in [5.41, 5.74) is 5.94.